The van der Waals surface area contributed by atoms with Gasteiger partial charge in [0, 0.05) is 48.8 Å². The van der Waals surface area contributed by atoms with Gasteiger partial charge in [-0.25, -0.2) is 17.6 Å². The van der Waals surface area contributed by atoms with Crippen LogP contribution in [0.15, 0.2) is 42.5 Å². The van der Waals surface area contributed by atoms with E-state index in [1.807, 2.05) is 23.3 Å². The molecule has 1 fully saturated rings. The maximum absolute atomic E-state index is 14.0. The van der Waals surface area contributed by atoms with Gasteiger partial charge in [-0.3, -0.25) is 14.5 Å². The monoisotopic (exact) mass is 473 g/mol. The first kappa shape index (κ1) is 23.7. The lowest BCUT2D eigenvalue weighted by Crippen LogP contribution is -2.50. The van der Waals surface area contributed by atoms with E-state index in [1.54, 1.807) is 18.2 Å². The number of halogens is 4. The first-order valence-corrected chi connectivity index (χ1v) is 10.8. The Kier molecular flexibility index (Phi) is 6.56. The molecule has 0 unspecified atom stereocenters. The Bertz CT molecular complexity index is 1250. The van der Waals surface area contributed by atoms with Crippen LogP contribution in [0.25, 0.3) is 5.69 Å². The Labute approximate surface area is 194 Å². The maximum atomic E-state index is 14.0. The summed E-state index contributed by atoms with van der Waals surface area (Å²) in [4.78, 5) is 28.8. The number of nitrogens with zero attached hydrogens (tertiary/aromatic N) is 3. The normalized spacial score (nSPS) is 14.5. The molecule has 1 amide bonds. The molecule has 9 heteroatoms. The second-order valence-corrected chi connectivity index (χ2v) is 8.31. The lowest BCUT2D eigenvalue weighted by molar-refractivity contribution is 0.0619. The van der Waals surface area contributed by atoms with Gasteiger partial charge in [-0.05, 0) is 56.3 Å². The maximum Gasteiger partial charge on any atom is 0.257 e. The van der Waals surface area contributed by atoms with E-state index in [9.17, 15) is 27.2 Å². The molecule has 1 saturated heterocycles. The quantitative estimate of drug-likeness (QED) is 0.316. The third kappa shape index (κ3) is 4.48. The van der Waals surface area contributed by atoms with Crippen molar-refractivity contribution in [3.05, 3.63) is 88.2 Å². The van der Waals surface area contributed by atoms with Crippen LogP contribution in [-0.2, 0) is 0 Å². The molecule has 34 heavy (non-hydrogen) atoms. The predicted molar refractivity (Wildman–Crippen MR) is 118 cm³/mol. The molecule has 0 spiro atoms. The van der Waals surface area contributed by atoms with Gasteiger partial charge in [0.15, 0.2) is 23.2 Å². The average molecular weight is 473 g/mol. The number of piperazine rings is 1. The number of ketones is 1. The molecule has 1 aliphatic rings. The fourth-order valence-corrected chi connectivity index (χ4v) is 4.29. The zero-order valence-electron chi connectivity index (χ0n) is 18.7. The Morgan fingerprint density at radius 1 is 0.824 bits per heavy atom. The van der Waals surface area contributed by atoms with Crippen LogP contribution >= 0.6 is 0 Å². The number of carbonyl (C=O) groups excluding carboxylic acids is 2. The predicted octanol–water partition coefficient (Wildman–Crippen LogP) is 4.29. The molecule has 1 aliphatic heterocycles. The summed E-state index contributed by atoms with van der Waals surface area (Å²) >= 11 is 0. The molecule has 2 aromatic carbocycles. The molecular weight excluding hydrogens is 450 g/mol. The fraction of sp³-hybridized carbons (Fsp3) is 0.280. The number of aryl methyl sites for hydroxylation is 1. The number of Topliss-reactive ketones (excluding diaryl/α,β-unsaturated/α-hetero) is 1. The molecule has 0 bridgehead atoms. The van der Waals surface area contributed by atoms with Gasteiger partial charge in [0.1, 0.15) is 5.82 Å². The van der Waals surface area contributed by atoms with Crippen molar-refractivity contribution in [2.24, 2.45) is 0 Å². The van der Waals surface area contributed by atoms with E-state index in [1.165, 1.54) is 17.0 Å². The molecule has 2 heterocycles. The number of carbonyl (C=O) groups is 2. The van der Waals surface area contributed by atoms with Gasteiger partial charge >= 0.3 is 0 Å². The van der Waals surface area contributed by atoms with Crippen molar-refractivity contribution >= 4 is 11.7 Å². The van der Waals surface area contributed by atoms with Crippen molar-refractivity contribution in [2.75, 3.05) is 32.7 Å². The number of benzene rings is 2. The van der Waals surface area contributed by atoms with Gasteiger partial charge in [0.05, 0.1) is 12.1 Å². The number of rotatable bonds is 5. The molecular formula is C25H23F4N3O2. The third-order valence-electron chi connectivity index (χ3n) is 6.11. The van der Waals surface area contributed by atoms with E-state index in [-0.39, 0.29) is 31.2 Å². The number of hydrogen-bond donors (Lipinski definition) is 0. The van der Waals surface area contributed by atoms with Crippen molar-refractivity contribution in [1.82, 2.24) is 14.4 Å². The van der Waals surface area contributed by atoms with E-state index >= 15 is 0 Å². The minimum atomic E-state index is -1.67. The lowest BCUT2D eigenvalue weighted by atomic mass is 10.1. The fourth-order valence-electron chi connectivity index (χ4n) is 4.29. The van der Waals surface area contributed by atoms with Crippen LogP contribution in [-0.4, -0.2) is 58.8 Å². The van der Waals surface area contributed by atoms with Crippen LogP contribution in [0.1, 0.15) is 32.1 Å². The van der Waals surface area contributed by atoms with Crippen LogP contribution < -0.4 is 0 Å². The second-order valence-electron chi connectivity index (χ2n) is 8.31. The number of amides is 1. The van der Waals surface area contributed by atoms with Crippen molar-refractivity contribution in [3.63, 3.8) is 0 Å². The zero-order valence-corrected chi connectivity index (χ0v) is 18.7. The summed E-state index contributed by atoms with van der Waals surface area (Å²) in [6.07, 6.45) is 0. The Balaban J connectivity index is 1.41. The zero-order chi connectivity index (χ0) is 24.6. The summed E-state index contributed by atoms with van der Waals surface area (Å²) in [6.45, 7) is 5.03. The Morgan fingerprint density at radius 3 is 2.12 bits per heavy atom. The minimum absolute atomic E-state index is 0.0899. The summed E-state index contributed by atoms with van der Waals surface area (Å²) in [5.41, 5.74) is 2.39. The molecule has 5 nitrogen and oxygen atoms in total. The van der Waals surface area contributed by atoms with E-state index in [0.29, 0.717) is 18.7 Å². The summed E-state index contributed by atoms with van der Waals surface area (Å²) < 4.78 is 55.8. The van der Waals surface area contributed by atoms with E-state index < -0.39 is 28.9 Å². The van der Waals surface area contributed by atoms with E-state index in [0.717, 1.165) is 29.2 Å². The summed E-state index contributed by atoms with van der Waals surface area (Å²) in [7, 11) is 0. The highest BCUT2D eigenvalue weighted by atomic mass is 19.2. The van der Waals surface area contributed by atoms with Crippen molar-refractivity contribution in [2.45, 2.75) is 13.8 Å². The number of aromatic nitrogens is 1. The highest BCUT2D eigenvalue weighted by Crippen LogP contribution is 2.22. The minimum Gasteiger partial charge on any atom is -0.336 e. The average Bonchev–Trinajstić information content (AvgIpc) is 3.12. The highest BCUT2D eigenvalue weighted by molar-refractivity contribution is 5.99. The third-order valence-corrected chi connectivity index (χ3v) is 6.11. The van der Waals surface area contributed by atoms with Gasteiger partial charge in [-0.15, -0.1) is 0 Å². The first-order chi connectivity index (χ1) is 16.2. The molecule has 0 atom stereocenters. The lowest BCUT2D eigenvalue weighted by Gasteiger charge is -2.34. The largest absolute Gasteiger partial charge is 0.336 e. The summed E-state index contributed by atoms with van der Waals surface area (Å²) in [5.74, 6) is -5.67. The molecule has 4 rings (SSSR count). The van der Waals surface area contributed by atoms with E-state index in [4.69, 9.17) is 0 Å². The van der Waals surface area contributed by atoms with E-state index in [2.05, 4.69) is 0 Å². The van der Waals surface area contributed by atoms with Crippen LogP contribution in [0, 0.1) is 37.1 Å². The molecule has 0 aliphatic carbocycles. The topological polar surface area (TPSA) is 45.6 Å². The standard InChI is InChI=1S/C25H23F4N3O2/c1-15-13-20(16(2)32(15)18-5-3-17(26)4-6-18)22(33)14-30-9-11-31(12-10-30)25(34)19-7-8-21(27)24(29)23(19)28/h3-8,13H,9-12,14H2,1-2H3. The van der Waals surface area contributed by atoms with Crippen molar-refractivity contribution in [3.8, 4) is 5.69 Å². The van der Waals surface area contributed by atoms with Crippen LogP contribution in [0.2, 0.25) is 0 Å². The first-order valence-electron chi connectivity index (χ1n) is 10.8. The van der Waals surface area contributed by atoms with Gasteiger partial charge < -0.3 is 9.47 Å². The molecule has 0 N–H and O–H groups in total. The smallest absolute Gasteiger partial charge is 0.257 e. The van der Waals surface area contributed by atoms with Gasteiger partial charge in [-0.1, -0.05) is 0 Å². The SMILES string of the molecule is Cc1cc(C(=O)CN2CCN(C(=O)c3ccc(F)c(F)c3F)CC2)c(C)n1-c1ccc(F)cc1. The highest BCUT2D eigenvalue weighted by Gasteiger charge is 2.28. The second kappa shape index (κ2) is 9.42. The van der Waals surface area contributed by atoms with Gasteiger partial charge in [-0.2, -0.15) is 0 Å². The summed E-state index contributed by atoms with van der Waals surface area (Å²) in [5, 5.41) is 0. The molecule has 178 valence electrons. The van der Waals surface area contributed by atoms with Crippen LogP contribution in [0.4, 0.5) is 17.6 Å². The molecule has 3 aromatic rings. The number of hydrogen-bond acceptors (Lipinski definition) is 3. The van der Waals surface area contributed by atoms with Crippen LogP contribution in [0.5, 0.6) is 0 Å². The molecule has 1 aromatic heterocycles. The van der Waals surface area contributed by atoms with Crippen LogP contribution in [0.3, 0.4) is 0 Å². The van der Waals surface area contributed by atoms with Gasteiger partial charge in [0.25, 0.3) is 5.91 Å². The van der Waals surface area contributed by atoms with Gasteiger partial charge in [0.2, 0.25) is 0 Å². The van der Waals surface area contributed by atoms with Crippen molar-refractivity contribution < 1.29 is 27.2 Å². The van der Waals surface area contributed by atoms with Crippen molar-refractivity contribution in [1.29, 1.82) is 0 Å². The summed E-state index contributed by atoms with van der Waals surface area (Å²) in [6, 6.07) is 9.48. The Morgan fingerprint density at radius 2 is 1.47 bits per heavy atom. The Hall–Kier alpha value is -3.46. The molecule has 0 saturated carbocycles. The molecule has 0 radical (unpaired) electrons.